The van der Waals surface area contributed by atoms with E-state index in [1.54, 1.807) is 0 Å². The third-order valence-electron chi connectivity index (χ3n) is 4.36. The Morgan fingerprint density at radius 2 is 1.29 bits per heavy atom. The first-order chi connectivity index (χ1) is 8.36. The number of hydrogen-bond donors (Lipinski definition) is 0. The van der Waals surface area contributed by atoms with Crippen LogP contribution in [0.1, 0.15) is 25.7 Å². The van der Waals surface area contributed by atoms with Crippen molar-refractivity contribution in [3.05, 3.63) is 0 Å². The van der Waals surface area contributed by atoms with Crippen LogP contribution in [0.4, 0.5) is 0 Å². The summed E-state index contributed by atoms with van der Waals surface area (Å²) in [6, 6.07) is 0. The Hall–Kier alpha value is -0.160. The van der Waals surface area contributed by atoms with Gasteiger partial charge in [0.05, 0.1) is 13.2 Å². The Bertz CT molecular complexity index is 235. The first-order valence-corrected chi connectivity index (χ1v) is 7.09. The molecule has 3 heterocycles. The summed E-state index contributed by atoms with van der Waals surface area (Å²) in [6.07, 6.45) is 4.88. The van der Waals surface area contributed by atoms with Crippen LogP contribution in [0, 0.1) is 0 Å². The first kappa shape index (κ1) is 11.9. The molecule has 0 saturated carbocycles. The molecule has 0 unspecified atom stereocenters. The smallest absolute Gasteiger partial charge is 0.170 e. The van der Waals surface area contributed by atoms with Crippen LogP contribution in [-0.2, 0) is 9.47 Å². The van der Waals surface area contributed by atoms with Crippen LogP contribution in [0.25, 0.3) is 0 Å². The van der Waals surface area contributed by atoms with E-state index in [2.05, 4.69) is 9.80 Å². The maximum Gasteiger partial charge on any atom is 0.170 e. The maximum absolute atomic E-state index is 5.75. The molecule has 3 fully saturated rings. The van der Waals surface area contributed by atoms with Gasteiger partial charge in [0.25, 0.3) is 0 Å². The highest BCUT2D eigenvalue weighted by atomic mass is 16.7. The number of piperidine rings is 1. The van der Waals surface area contributed by atoms with Crippen molar-refractivity contribution in [1.29, 1.82) is 0 Å². The largest absolute Gasteiger partial charge is 0.347 e. The van der Waals surface area contributed by atoms with E-state index in [0.29, 0.717) is 0 Å². The lowest BCUT2D eigenvalue weighted by molar-refractivity contribution is -0.185. The fraction of sp³-hybridized carbons (Fsp3) is 1.00. The molecule has 4 heteroatoms. The fourth-order valence-corrected chi connectivity index (χ4v) is 3.19. The van der Waals surface area contributed by atoms with E-state index < -0.39 is 0 Å². The molecule has 3 aliphatic rings. The van der Waals surface area contributed by atoms with Gasteiger partial charge in [-0.3, -0.25) is 0 Å². The van der Waals surface area contributed by atoms with E-state index in [1.807, 2.05) is 0 Å². The summed E-state index contributed by atoms with van der Waals surface area (Å²) in [5, 5.41) is 0. The highest BCUT2D eigenvalue weighted by Gasteiger charge is 2.39. The lowest BCUT2D eigenvalue weighted by atomic mass is 10.0. The maximum atomic E-state index is 5.75. The first-order valence-electron chi connectivity index (χ1n) is 7.09. The Kier molecular flexibility index (Phi) is 3.66. The van der Waals surface area contributed by atoms with E-state index >= 15 is 0 Å². The minimum Gasteiger partial charge on any atom is -0.347 e. The van der Waals surface area contributed by atoms with Crippen LogP contribution in [0.15, 0.2) is 0 Å². The molecule has 0 N–H and O–H groups in total. The van der Waals surface area contributed by atoms with Crippen LogP contribution in [0.2, 0.25) is 0 Å². The second-order valence-corrected chi connectivity index (χ2v) is 5.50. The van der Waals surface area contributed by atoms with Gasteiger partial charge in [-0.2, -0.15) is 0 Å². The van der Waals surface area contributed by atoms with E-state index in [4.69, 9.17) is 9.47 Å². The van der Waals surface area contributed by atoms with Gasteiger partial charge in [-0.1, -0.05) is 0 Å². The summed E-state index contributed by atoms with van der Waals surface area (Å²) in [6.45, 7) is 8.92. The monoisotopic (exact) mass is 240 g/mol. The third-order valence-corrected chi connectivity index (χ3v) is 4.36. The predicted molar refractivity (Wildman–Crippen MR) is 66.0 cm³/mol. The number of ether oxygens (including phenoxy) is 2. The summed E-state index contributed by atoms with van der Waals surface area (Å²) in [5.74, 6) is -0.204. The number of hydrogen-bond acceptors (Lipinski definition) is 4. The topological polar surface area (TPSA) is 24.9 Å². The molecule has 98 valence electrons. The molecule has 0 aromatic carbocycles. The van der Waals surface area contributed by atoms with Crippen molar-refractivity contribution in [2.24, 2.45) is 0 Å². The number of rotatable bonds is 3. The molecule has 0 atom stereocenters. The van der Waals surface area contributed by atoms with Crippen molar-refractivity contribution in [2.45, 2.75) is 31.5 Å². The summed E-state index contributed by atoms with van der Waals surface area (Å²) in [5.41, 5.74) is 0. The zero-order valence-electron chi connectivity index (χ0n) is 10.7. The van der Waals surface area contributed by atoms with Gasteiger partial charge in [0.2, 0.25) is 0 Å². The van der Waals surface area contributed by atoms with E-state index in [1.165, 1.54) is 39.0 Å². The number of nitrogens with zero attached hydrogens (tertiary/aromatic N) is 2. The predicted octanol–water partition coefficient (Wildman–Crippen LogP) is 0.921. The summed E-state index contributed by atoms with van der Waals surface area (Å²) < 4.78 is 11.5. The van der Waals surface area contributed by atoms with E-state index in [9.17, 15) is 0 Å². The van der Waals surface area contributed by atoms with Gasteiger partial charge in [0, 0.05) is 39.0 Å². The molecule has 0 radical (unpaired) electrons. The second-order valence-electron chi connectivity index (χ2n) is 5.50. The quantitative estimate of drug-likeness (QED) is 0.732. The van der Waals surface area contributed by atoms with Gasteiger partial charge in [0.1, 0.15) is 0 Å². The second kappa shape index (κ2) is 5.22. The standard InChI is InChI=1S/C13H24N2O2/c1-2-6-14(5-1)9-10-15-7-3-13(4-8-15)16-11-12-17-13/h1-12H2. The number of likely N-dealkylation sites (tertiary alicyclic amines) is 2. The van der Waals surface area contributed by atoms with E-state index in [-0.39, 0.29) is 5.79 Å². The Morgan fingerprint density at radius 1 is 0.765 bits per heavy atom. The molecule has 3 saturated heterocycles. The highest BCUT2D eigenvalue weighted by Crippen LogP contribution is 2.31. The van der Waals surface area contributed by atoms with Crippen LogP contribution in [-0.4, -0.2) is 68.1 Å². The Morgan fingerprint density at radius 3 is 1.88 bits per heavy atom. The lowest BCUT2D eigenvalue weighted by Crippen LogP contribution is -2.46. The molecule has 0 amide bonds. The molecule has 3 aliphatic heterocycles. The molecule has 1 spiro atoms. The van der Waals surface area contributed by atoms with Crippen LogP contribution in [0.5, 0.6) is 0 Å². The van der Waals surface area contributed by atoms with Gasteiger partial charge in [-0.25, -0.2) is 0 Å². The minimum absolute atomic E-state index is 0.204. The zero-order chi connectivity index (χ0) is 11.6. The fourth-order valence-electron chi connectivity index (χ4n) is 3.19. The Labute approximate surface area is 104 Å². The van der Waals surface area contributed by atoms with Crippen molar-refractivity contribution in [3.8, 4) is 0 Å². The van der Waals surface area contributed by atoms with Gasteiger partial charge >= 0.3 is 0 Å². The van der Waals surface area contributed by atoms with Crippen molar-refractivity contribution < 1.29 is 9.47 Å². The van der Waals surface area contributed by atoms with Gasteiger partial charge in [-0.05, 0) is 25.9 Å². The summed E-state index contributed by atoms with van der Waals surface area (Å²) in [4.78, 5) is 5.15. The van der Waals surface area contributed by atoms with E-state index in [0.717, 1.165) is 39.1 Å². The molecule has 17 heavy (non-hydrogen) atoms. The molecule has 0 aliphatic carbocycles. The van der Waals surface area contributed by atoms with Gasteiger partial charge < -0.3 is 19.3 Å². The van der Waals surface area contributed by atoms with Crippen molar-refractivity contribution in [2.75, 3.05) is 52.5 Å². The van der Waals surface area contributed by atoms with Gasteiger partial charge in [-0.15, -0.1) is 0 Å². The SMILES string of the molecule is C1CCN(CCN2CCC3(CC2)OCCO3)C1. The molecular formula is C13H24N2O2. The Balaban J connectivity index is 1.39. The molecule has 0 aromatic rings. The molecule has 4 nitrogen and oxygen atoms in total. The zero-order valence-corrected chi connectivity index (χ0v) is 10.7. The minimum atomic E-state index is -0.204. The third kappa shape index (κ3) is 2.81. The molecule has 0 bridgehead atoms. The molecular weight excluding hydrogens is 216 g/mol. The van der Waals surface area contributed by atoms with Gasteiger partial charge in [0.15, 0.2) is 5.79 Å². The van der Waals surface area contributed by atoms with Crippen molar-refractivity contribution in [1.82, 2.24) is 9.80 Å². The average Bonchev–Trinajstić information content (AvgIpc) is 3.01. The van der Waals surface area contributed by atoms with Crippen LogP contribution < -0.4 is 0 Å². The van der Waals surface area contributed by atoms with Crippen molar-refractivity contribution in [3.63, 3.8) is 0 Å². The molecule has 0 aromatic heterocycles. The van der Waals surface area contributed by atoms with Crippen LogP contribution in [0.3, 0.4) is 0 Å². The highest BCUT2D eigenvalue weighted by molar-refractivity contribution is 4.83. The average molecular weight is 240 g/mol. The summed E-state index contributed by atoms with van der Waals surface area (Å²) >= 11 is 0. The summed E-state index contributed by atoms with van der Waals surface area (Å²) in [7, 11) is 0. The van der Waals surface area contributed by atoms with Crippen LogP contribution >= 0.6 is 0 Å². The normalized spacial score (nSPS) is 30.4. The van der Waals surface area contributed by atoms with Crippen molar-refractivity contribution >= 4 is 0 Å². The molecule has 3 rings (SSSR count). The lowest BCUT2D eigenvalue weighted by Gasteiger charge is -2.38.